The van der Waals surface area contributed by atoms with Crippen molar-refractivity contribution in [2.45, 2.75) is 40.5 Å². The highest BCUT2D eigenvalue weighted by atomic mass is 14.6. The minimum absolute atomic E-state index is 0.229. The molecule has 0 heterocycles. The van der Waals surface area contributed by atoms with Gasteiger partial charge >= 0.3 is 0 Å². The van der Waals surface area contributed by atoms with Gasteiger partial charge in [0.1, 0.15) is 0 Å². The Morgan fingerprint density at radius 1 is 1.20 bits per heavy atom. The fraction of sp³-hybridized carbons (Fsp3) is 0.571. The van der Waals surface area contributed by atoms with Gasteiger partial charge in [-0.3, -0.25) is 0 Å². The molecule has 0 saturated carbocycles. The largest absolute Gasteiger partial charge is 0.330 e. The maximum absolute atomic E-state index is 5.91. The normalized spacial score (nSPS) is 14.0. The van der Waals surface area contributed by atoms with E-state index in [1.165, 1.54) is 16.7 Å². The molecule has 0 spiro atoms. The van der Waals surface area contributed by atoms with Crippen LogP contribution in [0.4, 0.5) is 0 Å². The first-order valence-corrected chi connectivity index (χ1v) is 5.64. The first-order chi connectivity index (χ1) is 6.88. The van der Waals surface area contributed by atoms with Crippen molar-refractivity contribution < 1.29 is 0 Å². The van der Waals surface area contributed by atoms with Gasteiger partial charge in [0, 0.05) is 5.92 Å². The number of hydrogen-bond donors (Lipinski definition) is 1. The second kappa shape index (κ2) is 4.36. The molecule has 1 unspecified atom stereocenters. The number of hydrogen-bond acceptors (Lipinski definition) is 1. The van der Waals surface area contributed by atoms with Gasteiger partial charge < -0.3 is 5.73 Å². The van der Waals surface area contributed by atoms with Gasteiger partial charge in [-0.15, -0.1) is 0 Å². The van der Waals surface area contributed by atoms with Gasteiger partial charge in [0.05, 0.1) is 0 Å². The van der Waals surface area contributed by atoms with Crippen molar-refractivity contribution in [3.8, 4) is 0 Å². The van der Waals surface area contributed by atoms with Crippen LogP contribution in [0.5, 0.6) is 0 Å². The fourth-order valence-electron chi connectivity index (χ4n) is 2.10. The molecule has 1 rings (SSSR count). The molecule has 15 heavy (non-hydrogen) atoms. The van der Waals surface area contributed by atoms with E-state index in [0.29, 0.717) is 12.5 Å². The van der Waals surface area contributed by atoms with Crippen LogP contribution in [0.15, 0.2) is 18.2 Å². The minimum Gasteiger partial charge on any atom is -0.330 e. The van der Waals surface area contributed by atoms with Crippen LogP contribution in [0, 0.1) is 19.3 Å². The molecule has 1 atom stereocenters. The van der Waals surface area contributed by atoms with E-state index >= 15 is 0 Å². The van der Waals surface area contributed by atoms with E-state index < -0.39 is 0 Å². The van der Waals surface area contributed by atoms with E-state index in [4.69, 9.17) is 5.73 Å². The lowest BCUT2D eigenvalue weighted by Crippen LogP contribution is -2.26. The van der Waals surface area contributed by atoms with E-state index in [0.717, 1.165) is 0 Å². The Labute approximate surface area is 93.7 Å². The number of aryl methyl sites for hydroxylation is 1. The van der Waals surface area contributed by atoms with Crippen molar-refractivity contribution in [2.24, 2.45) is 11.1 Å². The summed E-state index contributed by atoms with van der Waals surface area (Å²) in [7, 11) is 0. The average molecular weight is 205 g/mol. The zero-order valence-electron chi connectivity index (χ0n) is 10.6. The number of rotatable bonds is 2. The standard InChI is InChI=1S/C14H23N/c1-10-7-6-8-12(11(10)2)13(9-15)14(3,4)5/h6-8,13H,9,15H2,1-5H3. The summed E-state index contributed by atoms with van der Waals surface area (Å²) in [4.78, 5) is 0. The molecule has 0 aliphatic carbocycles. The van der Waals surface area contributed by atoms with Crippen molar-refractivity contribution in [1.29, 1.82) is 0 Å². The van der Waals surface area contributed by atoms with E-state index in [9.17, 15) is 0 Å². The van der Waals surface area contributed by atoms with Crippen molar-refractivity contribution in [3.05, 3.63) is 34.9 Å². The van der Waals surface area contributed by atoms with Gasteiger partial charge in [-0.1, -0.05) is 39.0 Å². The summed E-state index contributed by atoms with van der Waals surface area (Å²) in [6, 6.07) is 6.51. The molecule has 2 N–H and O–H groups in total. The molecule has 0 aliphatic rings. The minimum atomic E-state index is 0.229. The van der Waals surface area contributed by atoms with Crippen molar-refractivity contribution in [2.75, 3.05) is 6.54 Å². The van der Waals surface area contributed by atoms with Crippen LogP contribution in [0.2, 0.25) is 0 Å². The van der Waals surface area contributed by atoms with Gasteiger partial charge in [-0.25, -0.2) is 0 Å². The SMILES string of the molecule is Cc1cccc(C(CN)C(C)(C)C)c1C. The summed E-state index contributed by atoms with van der Waals surface area (Å²) >= 11 is 0. The molecule has 0 saturated heterocycles. The number of benzene rings is 1. The molecule has 1 aromatic rings. The van der Waals surface area contributed by atoms with Crippen LogP contribution < -0.4 is 5.73 Å². The van der Waals surface area contributed by atoms with Crippen LogP contribution in [0.3, 0.4) is 0 Å². The molecular formula is C14H23N. The van der Waals surface area contributed by atoms with Gasteiger partial charge in [-0.05, 0) is 42.5 Å². The Balaban J connectivity index is 3.19. The fourth-order valence-corrected chi connectivity index (χ4v) is 2.10. The van der Waals surface area contributed by atoms with Crippen LogP contribution in [0.1, 0.15) is 43.4 Å². The monoisotopic (exact) mass is 205 g/mol. The molecular weight excluding hydrogens is 182 g/mol. The molecule has 0 amide bonds. The maximum atomic E-state index is 5.91. The molecule has 1 heteroatoms. The molecule has 1 aromatic carbocycles. The van der Waals surface area contributed by atoms with E-state index in [2.05, 4.69) is 52.8 Å². The van der Waals surface area contributed by atoms with E-state index in [1.807, 2.05) is 0 Å². The first-order valence-electron chi connectivity index (χ1n) is 5.64. The molecule has 1 nitrogen and oxygen atoms in total. The third-order valence-electron chi connectivity index (χ3n) is 3.30. The lowest BCUT2D eigenvalue weighted by atomic mass is 9.75. The topological polar surface area (TPSA) is 26.0 Å². The molecule has 84 valence electrons. The Kier molecular flexibility index (Phi) is 3.56. The van der Waals surface area contributed by atoms with Gasteiger partial charge in [0.2, 0.25) is 0 Å². The summed E-state index contributed by atoms with van der Waals surface area (Å²) in [6.07, 6.45) is 0. The quantitative estimate of drug-likeness (QED) is 0.787. The molecule has 0 fully saturated rings. The van der Waals surface area contributed by atoms with Crippen LogP contribution >= 0.6 is 0 Å². The average Bonchev–Trinajstić information content (AvgIpc) is 2.11. The third-order valence-corrected chi connectivity index (χ3v) is 3.30. The molecule has 0 aliphatic heterocycles. The molecule has 0 bridgehead atoms. The summed E-state index contributed by atoms with van der Waals surface area (Å²) < 4.78 is 0. The first kappa shape index (κ1) is 12.3. The van der Waals surface area contributed by atoms with Crippen molar-refractivity contribution >= 4 is 0 Å². The predicted molar refractivity (Wildman–Crippen MR) is 67.2 cm³/mol. The highest BCUT2D eigenvalue weighted by Crippen LogP contribution is 2.36. The number of nitrogens with two attached hydrogens (primary N) is 1. The lowest BCUT2D eigenvalue weighted by Gasteiger charge is -2.31. The second-order valence-electron chi connectivity index (χ2n) is 5.44. The summed E-state index contributed by atoms with van der Waals surface area (Å²) in [5, 5.41) is 0. The maximum Gasteiger partial charge on any atom is 0.00125 e. The van der Waals surface area contributed by atoms with Gasteiger partial charge in [-0.2, -0.15) is 0 Å². The predicted octanol–water partition coefficient (Wildman–Crippen LogP) is 3.39. The summed E-state index contributed by atoms with van der Waals surface area (Å²) in [5.41, 5.74) is 10.3. The van der Waals surface area contributed by atoms with E-state index in [-0.39, 0.29) is 5.41 Å². The Bertz CT molecular complexity index is 334. The molecule has 0 radical (unpaired) electrons. The van der Waals surface area contributed by atoms with Crippen LogP contribution in [-0.4, -0.2) is 6.54 Å². The highest BCUT2D eigenvalue weighted by Gasteiger charge is 2.26. The van der Waals surface area contributed by atoms with Crippen LogP contribution in [-0.2, 0) is 0 Å². The second-order valence-corrected chi connectivity index (χ2v) is 5.44. The zero-order valence-corrected chi connectivity index (χ0v) is 10.6. The summed E-state index contributed by atoms with van der Waals surface area (Å²) in [6.45, 7) is 11.8. The van der Waals surface area contributed by atoms with Gasteiger partial charge in [0.25, 0.3) is 0 Å². The molecule has 0 aromatic heterocycles. The smallest absolute Gasteiger partial charge is 0.00125 e. The third kappa shape index (κ3) is 2.60. The Morgan fingerprint density at radius 2 is 1.80 bits per heavy atom. The lowest BCUT2D eigenvalue weighted by molar-refractivity contribution is 0.324. The van der Waals surface area contributed by atoms with Crippen LogP contribution in [0.25, 0.3) is 0 Å². The Hall–Kier alpha value is -0.820. The highest BCUT2D eigenvalue weighted by molar-refractivity contribution is 5.36. The summed E-state index contributed by atoms with van der Waals surface area (Å²) in [5.74, 6) is 0.442. The Morgan fingerprint density at radius 3 is 2.27 bits per heavy atom. The van der Waals surface area contributed by atoms with Gasteiger partial charge in [0.15, 0.2) is 0 Å². The van der Waals surface area contributed by atoms with Crippen molar-refractivity contribution in [1.82, 2.24) is 0 Å². The zero-order chi connectivity index (χ0) is 11.6. The van der Waals surface area contributed by atoms with Crippen molar-refractivity contribution in [3.63, 3.8) is 0 Å². The van der Waals surface area contributed by atoms with E-state index in [1.54, 1.807) is 0 Å².